The number of amides is 1. The Morgan fingerprint density at radius 3 is 2.92 bits per heavy atom. The number of hydrogen-bond donors (Lipinski definition) is 0. The number of fused-ring (bicyclic) bond motifs is 4. The second-order valence-electron chi connectivity index (χ2n) is 7.55. The molecule has 0 bridgehead atoms. The molecule has 2 aliphatic rings. The molecule has 2 aromatic heterocycles. The second-order valence-corrected chi connectivity index (χ2v) is 7.55. The Labute approximate surface area is 149 Å². The number of aromatic nitrogens is 2. The Kier molecular flexibility index (Phi) is 3.82. The molecule has 4 heterocycles. The molecule has 0 aromatic carbocycles. The fourth-order valence-electron chi connectivity index (χ4n) is 4.49. The predicted molar refractivity (Wildman–Crippen MR) is 98.9 cm³/mol. The molecule has 1 saturated heterocycles. The van der Waals surface area contributed by atoms with Gasteiger partial charge in [0, 0.05) is 38.4 Å². The van der Waals surface area contributed by atoms with Crippen LogP contribution in [-0.2, 0) is 10.3 Å². The average molecular weight is 338 g/mol. The second kappa shape index (κ2) is 5.90. The molecule has 0 unspecified atom stereocenters. The Hall–Kier alpha value is -2.30. The van der Waals surface area contributed by atoms with E-state index in [9.17, 15) is 4.79 Å². The standard InChI is InChI=1S/C20H26N4O/c1-4-24-16-7-5-10-21-19(16)23-11-6-8-17(23)20(24)9-12-22(14-20)18(25)13-15(2)3/h5-8,10-11,15H,4,9,12-14H2,1-3H3/t20-/m0/s1. The molecular weight excluding hydrogens is 312 g/mol. The molecule has 4 rings (SSSR count). The number of anilines is 1. The lowest BCUT2D eigenvalue weighted by Gasteiger charge is -2.46. The van der Waals surface area contributed by atoms with Crippen molar-refractivity contribution in [2.24, 2.45) is 5.92 Å². The van der Waals surface area contributed by atoms with Crippen LogP contribution in [0.1, 0.15) is 39.3 Å². The summed E-state index contributed by atoms with van der Waals surface area (Å²) in [5, 5.41) is 0. The molecule has 25 heavy (non-hydrogen) atoms. The molecule has 2 aliphatic heterocycles. The van der Waals surface area contributed by atoms with Crippen molar-refractivity contribution in [2.45, 2.75) is 39.2 Å². The van der Waals surface area contributed by atoms with Gasteiger partial charge in [0.1, 0.15) is 0 Å². The zero-order valence-electron chi connectivity index (χ0n) is 15.3. The minimum atomic E-state index is -0.152. The fourth-order valence-corrected chi connectivity index (χ4v) is 4.49. The first-order valence-electron chi connectivity index (χ1n) is 9.25. The summed E-state index contributed by atoms with van der Waals surface area (Å²) in [5.74, 6) is 1.66. The maximum atomic E-state index is 12.7. The molecule has 0 radical (unpaired) electrons. The van der Waals surface area contributed by atoms with Crippen molar-refractivity contribution < 1.29 is 4.79 Å². The van der Waals surface area contributed by atoms with Crippen LogP contribution in [0.15, 0.2) is 36.7 Å². The highest BCUT2D eigenvalue weighted by Crippen LogP contribution is 2.46. The van der Waals surface area contributed by atoms with E-state index >= 15 is 0 Å². The highest BCUT2D eigenvalue weighted by molar-refractivity contribution is 5.77. The normalized spacial score (nSPS) is 21.8. The van der Waals surface area contributed by atoms with E-state index < -0.39 is 0 Å². The van der Waals surface area contributed by atoms with E-state index in [2.05, 4.69) is 64.5 Å². The van der Waals surface area contributed by atoms with Crippen LogP contribution < -0.4 is 4.90 Å². The van der Waals surface area contributed by atoms with Gasteiger partial charge in [-0.15, -0.1) is 0 Å². The van der Waals surface area contributed by atoms with E-state index in [0.29, 0.717) is 12.3 Å². The summed E-state index contributed by atoms with van der Waals surface area (Å²) < 4.78 is 2.21. The van der Waals surface area contributed by atoms with E-state index in [4.69, 9.17) is 0 Å². The first kappa shape index (κ1) is 16.2. The lowest BCUT2D eigenvalue weighted by molar-refractivity contribution is -0.131. The van der Waals surface area contributed by atoms with Crippen molar-refractivity contribution in [3.63, 3.8) is 0 Å². The molecule has 132 valence electrons. The lowest BCUT2D eigenvalue weighted by atomic mass is 9.89. The molecular formula is C20H26N4O. The summed E-state index contributed by atoms with van der Waals surface area (Å²) in [5.41, 5.74) is 2.26. The van der Waals surface area contributed by atoms with Gasteiger partial charge >= 0.3 is 0 Å². The van der Waals surface area contributed by atoms with Crippen LogP contribution in [0.5, 0.6) is 0 Å². The highest BCUT2D eigenvalue weighted by Gasteiger charge is 2.50. The monoisotopic (exact) mass is 338 g/mol. The Balaban J connectivity index is 1.76. The predicted octanol–water partition coefficient (Wildman–Crippen LogP) is 3.19. The van der Waals surface area contributed by atoms with Crippen molar-refractivity contribution in [3.8, 4) is 5.82 Å². The molecule has 0 saturated carbocycles. The number of rotatable bonds is 3. The molecule has 1 fully saturated rings. The third-order valence-corrected chi connectivity index (χ3v) is 5.53. The van der Waals surface area contributed by atoms with E-state index in [0.717, 1.165) is 37.6 Å². The van der Waals surface area contributed by atoms with Crippen molar-refractivity contribution in [1.29, 1.82) is 0 Å². The van der Waals surface area contributed by atoms with Crippen molar-refractivity contribution in [2.75, 3.05) is 24.5 Å². The summed E-state index contributed by atoms with van der Waals surface area (Å²) in [4.78, 5) is 21.8. The smallest absolute Gasteiger partial charge is 0.222 e. The maximum absolute atomic E-state index is 12.7. The number of nitrogens with zero attached hydrogens (tertiary/aromatic N) is 4. The summed E-state index contributed by atoms with van der Waals surface area (Å²) in [6, 6.07) is 8.43. The van der Waals surface area contributed by atoms with Crippen LogP contribution in [0.4, 0.5) is 5.69 Å². The van der Waals surface area contributed by atoms with Gasteiger partial charge in [0.25, 0.3) is 0 Å². The number of hydrogen-bond acceptors (Lipinski definition) is 3. The van der Waals surface area contributed by atoms with Gasteiger partial charge in [0.2, 0.25) is 5.91 Å². The zero-order valence-corrected chi connectivity index (χ0v) is 15.3. The fraction of sp³-hybridized carbons (Fsp3) is 0.500. The molecule has 5 heteroatoms. The van der Waals surface area contributed by atoms with E-state index in [1.165, 1.54) is 5.69 Å². The Morgan fingerprint density at radius 2 is 2.16 bits per heavy atom. The SMILES string of the molecule is CCN1c2cccnc2-n2cccc2[C@@]12CCN(C(=O)CC(C)C)C2. The Morgan fingerprint density at radius 1 is 1.32 bits per heavy atom. The molecule has 0 aliphatic carbocycles. The molecule has 0 N–H and O–H groups in total. The minimum absolute atomic E-state index is 0.152. The molecule has 1 spiro atoms. The van der Waals surface area contributed by atoms with Crippen LogP contribution in [0.3, 0.4) is 0 Å². The van der Waals surface area contributed by atoms with Gasteiger partial charge < -0.3 is 14.4 Å². The molecule has 1 amide bonds. The number of likely N-dealkylation sites (tertiary alicyclic amines) is 1. The van der Waals surface area contributed by atoms with Gasteiger partial charge in [-0.25, -0.2) is 4.98 Å². The van der Waals surface area contributed by atoms with E-state index in [1.54, 1.807) is 0 Å². The molecule has 5 nitrogen and oxygen atoms in total. The largest absolute Gasteiger partial charge is 0.356 e. The first-order chi connectivity index (χ1) is 12.1. The summed E-state index contributed by atoms with van der Waals surface area (Å²) in [7, 11) is 0. The topological polar surface area (TPSA) is 41.4 Å². The maximum Gasteiger partial charge on any atom is 0.222 e. The van der Waals surface area contributed by atoms with Crippen LogP contribution in [0.2, 0.25) is 0 Å². The van der Waals surface area contributed by atoms with Gasteiger partial charge in [0.15, 0.2) is 5.82 Å². The Bertz CT molecular complexity index is 796. The van der Waals surface area contributed by atoms with Crippen LogP contribution >= 0.6 is 0 Å². The summed E-state index contributed by atoms with van der Waals surface area (Å²) in [6.07, 6.45) is 5.53. The van der Waals surface area contributed by atoms with Crippen molar-refractivity contribution >= 4 is 11.6 Å². The van der Waals surface area contributed by atoms with E-state index in [1.807, 2.05) is 12.3 Å². The van der Waals surface area contributed by atoms with Gasteiger partial charge in [0.05, 0.1) is 16.9 Å². The minimum Gasteiger partial charge on any atom is -0.356 e. The molecule has 2 aromatic rings. The first-order valence-corrected chi connectivity index (χ1v) is 9.25. The summed E-state index contributed by atoms with van der Waals surface area (Å²) in [6.45, 7) is 8.88. The van der Waals surface area contributed by atoms with Crippen molar-refractivity contribution in [1.82, 2.24) is 14.5 Å². The van der Waals surface area contributed by atoms with Crippen molar-refractivity contribution in [3.05, 3.63) is 42.4 Å². The number of carbonyl (C=O) groups excluding carboxylic acids is 1. The van der Waals surface area contributed by atoms with Gasteiger partial charge in [-0.05, 0) is 43.5 Å². The van der Waals surface area contributed by atoms with E-state index in [-0.39, 0.29) is 11.4 Å². The number of likely N-dealkylation sites (N-methyl/N-ethyl adjacent to an activating group) is 1. The number of pyridine rings is 1. The number of carbonyl (C=O) groups is 1. The quantitative estimate of drug-likeness (QED) is 0.863. The van der Waals surface area contributed by atoms with Gasteiger partial charge in [-0.3, -0.25) is 4.79 Å². The van der Waals surface area contributed by atoms with Crippen LogP contribution in [0, 0.1) is 5.92 Å². The third-order valence-electron chi connectivity index (χ3n) is 5.53. The van der Waals surface area contributed by atoms with Crippen LogP contribution in [-0.4, -0.2) is 40.0 Å². The highest BCUT2D eigenvalue weighted by atomic mass is 16.2. The lowest BCUT2D eigenvalue weighted by Crippen LogP contribution is -2.52. The van der Waals surface area contributed by atoms with Gasteiger partial charge in [-0.2, -0.15) is 0 Å². The average Bonchev–Trinajstić information content (AvgIpc) is 3.23. The molecule has 1 atom stereocenters. The van der Waals surface area contributed by atoms with Gasteiger partial charge in [-0.1, -0.05) is 13.8 Å². The van der Waals surface area contributed by atoms with Crippen LogP contribution in [0.25, 0.3) is 5.82 Å². The summed E-state index contributed by atoms with van der Waals surface area (Å²) >= 11 is 0. The zero-order chi connectivity index (χ0) is 17.6. The third kappa shape index (κ3) is 2.36.